The maximum Gasteiger partial charge on any atom is 0.275 e. The second kappa shape index (κ2) is 8.35. The fourth-order valence-corrected chi connectivity index (χ4v) is 2.45. The molecule has 0 bridgehead atoms. The van der Waals surface area contributed by atoms with Crippen molar-refractivity contribution in [3.8, 4) is 5.75 Å². The lowest BCUT2D eigenvalue weighted by molar-refractivity contribution is 0.0946. The van der Waals surface area contributed by atoms with E-state index >= 15 is 0 Å². The van der Waals surface area contributed by atoms with E-state index in [4.69, 9.17) is 16.3 Å². The number of H-pyrrole nitrogens is 1. The summed E-state index contributed by atoms with van der Waals surface area (Å²) in [5, 5.41) is 16.9. The van der Waals surface area contributed by atoms with E-state index in [1.807, 2.05) is 31.2 Å². The van der Waals surface area contributed by atoms with Gasteiger partial charge in [0, 0.05) is 17.3 Å². The first-order valence-electron chi connectivity index (χ1n) is 8.09. The van der Waals surface area contributed by atoms with Gasteiger partial charge in [0.15, 0.2) is 11.5 Å². The van der Waals surface area contributed by atoms with Gasteiger partial charge in [-0.1, -0.05) is 23.7 Å². The number of hydrogen-bond acceptors (Lipinski definition) is 5. The standard InChI is InChI=1S/C18H18ClN5O2/c1-2-26-15-5-3-4-12(10-15)11-20-18(25)16-17(23-24-22-16)21-14-8-6-13(19)7-9-14/h3-10H,2,11H2,1H3,(H,20,25)(H2,21,22,23,24). The number of ether oxygens (including phenoxy) is 1. The highest BCUT2D eigenvalue weighted by Gasteiger charge is 2.16. The number of anilines is 2. The third kappa shape index (κ3) is 4.52. The Morgan fingerprint density at radius 3 is 2.77 bits per heavy atom. The maximum atomic E-state index is 12.4. The van der Waals surface area contributed by atoms with Crippen LogP contribution in [0.1, 0.15) is 23.0 Å². The molecule has 3 rings (SSSR count). The van der Waals surface area contributed by atoms with Gasteiger partial charge in [0.2, 0.25) is 0 Å². The van der Waals surface area contributed by atoms with Crippen LogP contribution in [0.15, 0.2) is 48.5 Å². The molecule has 3 aromatic rings. The van der Waals surface area contributed by atoms with Crippen LogP contribution in [0.2, 0.25) is 5.02 Å². The number of carbonyl (C=O) groups is 1. The van der Waals surface area contributed by atoms with Crippen molar-refractivity contribution in [2.75, 3.05) is 11.9 Å². The number of nitrogens with one attached hydrogen (secondary N) is 3. The highest BCUT2D eigenvalue weighted by Crippen LogP contribution is 2.19. The average molecular weight is 372 g/mol. The molecule has 0 fully saturated rings. The molecule has 0 unspecified atom stereocenters. The normalized spacial score (nSPS) is 10.4. The van der Waals surface area contributed by atoms with E-state index < -0.39 is 0 Å². The van der Waals surface area contributed by atoms with Gasteiger partial charge in [-0.2, -0.15) is 5.21 Å². The van der Waals surface area contributed by atoms with Crippen LogP contribution in [0.4, 0.5) is 11.5 Å². The summed E-state index contributed by atoms with van der Waals surface area (Å²) >= 11 is 5.87. The van der Waals surface area contributed by atoms with E-state index in [9.17, 15) is 4.79 Å². The minimum Gasteiger partial charge on any atom is -0.494 e. The number of rotatable bonds is 7. The Bertz CT molecular complexity index is 879. The van der Waals surface area contributed by atoms with Crippen LogP contribution in [0, 0.1) is 0 Å². The summed E-state index contributed by atoms with van der Waals surface area (Å²) in [5.74, 6) is 0.774. The van der Waals surface area contributed by atoms with E-state index in [1.54, 1.807) is 24.3 Å². The van der Waals surface area contributed by atoms with Crippen LogP contribution in [0.5, 0.6) is 5.75 Å². The largest absolute Gasteiger partial charge is 0.494 e. The summed E-state index contributed by atoms with van der Waals surface area (Å²) in [6.07, 6.45) is 0. The molecule has 0 spiro atoms. The van der Waals surface area contributed by atoms with Crippen molar-refractivity contribution in [3.63, 3.8) is 0 Å². The van der Waals surface area contributed by atoms with Crippen molar-refractivity contribution in [2.24, 2.45) is 0 Å². The highest BCUT2D eigenvalue weighted by atomic mass is 35.5. The van der Waals surface area contributed by atoms with Crippen molar-refractivity contribution < 1.29 is 9.53 Å². The Labute approximate surface area is 155 Å². The maximum absolute atomic E-state index is 12.4. The van der Waals surface area contributed by atoms with Crippen molar-refractivity contribution in [1.29, 1.82) is 0 Å². The third-order valence-corrected chi connectivity index (χ3v) is 3.78. The van der Waals surface area contributed by atoms with E-state index in [-0.39, 0.29) is 11.6 Å². The number of amides is 1. The van der Waals surface area contributed by atoms with Gasteiger partial charge in [0.1, 0.15) is 5.75 Å². The van der Waals surface area contributed by atoms with Gasteiger partial charge in [-0.15, -0.1) is 10.2 Å². The smallest absolute Gasteiger partial charge is 0.275 e. The zero-order chi connectivity index (χ0) is 18.4. The number of aromatic amines is 1. The number of carbonyl (C=O) groups excluding carboxylic acids is 1. The molecule has 26 heavy (non-hydrogen) atoms. The van der Waals surface area contributed by atoms with Gasteiger partial charge in [0.25, 0.3) is 5.91 Å². The quantitative estimate of drug-likeness (QED) is 0.591. The molecule has 3 N–H and O–H groups in total. The van der Waals surface area contributed by atoms with Crippen LogP contribution in [0.3, 0.4) is 0 Å². The van der Waals surface area contributed by atoms with Gasteiger partial charge in [0.05, 0.1) is 6.61 Å². The van der Waals surface area contributed by atoms with Crippen LogP contribution >= 0.6 is 11.6 Å². The molecule has 0 aliphatic heterocycles. The van der Waals surface area contributed by atoms with Crippen molar-refractivity contribution in [3.05, 3.63) is 64.8 Å². The fraction of sp³-hybridized carbons (Fsp3) is 0.167. The number of aromatic nitrogens is 3. The van der Waals surface area contributed by atoms with Gasteiger partial charge in [-0.05, 0) is 48.9 Å². The molecule has 0 radical (unpaired) electrons. The molecule has 8 heteroatoms. The molecule has 0 aliphatic rings. The van der Waals surface area contributed by atoms with Gasteiger partial charge >= 0.3 is 0 Å². The third-order valence-electron chi connectivity index (χ3n) is 3.53. The Balaban J connectivity index is 1.64. The summed E-state index contributed by atoms with van der Waals surface area (Å²) in [4.78, 5) is 12.4. The topological polar surface area (TPSA) is 91.9 Å². The first-order chi connectivity index (χ1) is 12.7. The first kappa shape index (κ1) is 17.8. The Morgan fingerprint density at radius 2 is 2.00 bits per heavy atom. The molecule has 0 atom stereocenters. The first-order valence-corrected chi connectivity index (χ1v) is 8.47. The lowest BCUT2D eigenvalue weighted by atomic mass is 10.2. The Morgan fingerprint density at radius 1 is 1.19 bits per heavy atom. The summed E-state index contributed by atoms with van der Waals surface area (Å²) in [6, 6.07) is 14.6. The summed E-state index contributed by atoms with van der Waals surface area (Å²) in [6.45, 7) is 2.87. The minimum absolute atomic E-state index is 0.181. The molecule has 1 amide bonds. The van der Waals surface area contributed by atoms with E-state index in [0.717, 1.165) is 17.0 Å². The van der Waals surface area contributed by atoms with Crippen molar-refractivity contribution >= 4 is 29.0 Å². The minimum atomic E-state index is -0.336. The Kier molecular flexibility index (Phi) is 5.70. The highest BCUT2D eigenvalue weighted by molar-refractivity contribution is 6.30. The molecular formula is C18H18ClN5O2. The summed E-state index contributed by atoms with van der Waals surface area (Å²) in [7, 11) is 0. The SMILES string of the molecule is CCOc1cccc(CNC(=O)c2n[nH]nc2Nc2ccc(Cl)cc2)c1. The van der Waals surface area contributed by atoms with Crippen LogP contribution in [-0.4, -0.2) is 27.9 Å². The molecule has 0 saturated heterocycles. The number of nitrogens with zero attached hydrogens (tertiary/aromatic N) is 2. The summed E-state index contributed by atoms with van der Waals surface area (Å²) < 4.78 is 5.46. The monoisotopic (exact) mass is 371 g/mol. The zero-order valence-corrected chi connectivity index (χ0v) is 14.9. The fourth-order valence-electron chi connectivity index (χ4n) is 2.32. The van der Waals surface area contributed by atoms with Crippen molar-refractivity contribution in [2.45, 2.75) is 13.5 Å². The number of hydrogen-bond donors (Lipinski definition) is 3. The number of halogens is 1. The molecule has 0 saturated carbocycles. The lowest BCUT2D eigenvalue weighted by Gasteiger charge is -2.08. The van der Waals surface area contributed by atoms with Gasteiger partial charge in [-0.3, -0.25) is 4.79 Å². The predicted molar refractivity (Wildman–Crippen MR) is 99.9 cm³/mol. The van der Waals surface area contributed by atoms with Gasteiger partial charge < -0.3 is 15.4 Å². The predicted octanol–water partition coefficient (Wildman–Crippen LogP) is 3.53. The average Bonchev–Trinajstić information content (AvgIpc) is 3.10. The molecule has 1 aromatic heterocycles. The molecule has 7 nitrogen and oxygen atoms in total. The van der Waals surface area contributed by atoms with Crippen molar-refractivity contribution in [1.82, 2.24) is 20.7 Å². The molecule has 0 aliphatic carbocycles. The zero-order valence-electron chi connectivity index (χ0n) is 14.1. The molecule has 2 aromatic carbocycles. The number of benzene rings is 2. The van der Waals surface area contributed by atoms with E-state index in [0.29, 0.717) is 24.0 Å². The lowest BCUT2D eigenvalue weighted by Crippen LogP contribution is -2.24. The molecule has 1 heterocycles. The second-order valence-corrected chi connectivity index (χ2v) is 5.85. The van der Waals surface area contributed by atoms with Crippen LogP contribution in [-0.2, 0) is 6.54 Å². The van der Waals surface area contributed by atoms with Gasteiger partial charge in [-0.25, -0.2) is 0 Å². The van der Waals surface area contributed by atoms with E-state index in [2.05, 4.69) is 26.0 Å². The Hall–Kier alpha value is -3.06. The molecular weight excluding hydrogens is 354 g/mol. The van der Waals surface area contributed by atoms with Crippen LogP contribution in [0.25, 0.3) is 0 Å². The summed E-state index contributed by atoms with van der Waals surface area (Å²) in [5.41, 5.74) is 1.86. The molecule has 134 valence electrons. The second-order valence-electron chi connectivity index (χ2n) is 5.42. The van der Waals surface area contributed by atoms with Crippen LogP contribution < -0.4 is 15.4 Å². The van der Waals surface area contributed by atoms with E-state index in [1.165, 1.54) is 0 Å².